The van der Waals surface area contributed by atoms with Crippen molar-refractivity contribution in [2.24, 2.45) is 0 Å². The van der Waals surface area contributed by atoms with Crippen LogP contribution in [-0.4, -0.2) is 24.1 Å². The Balaban J connectivity index is 2.94. The number of halogens is 1. The van der Waals surface area contributed by atoms with Crippen molar-refractivity contribution in [1.29, 1.82) is 0 Å². The van der Waals surface area contributed by atoms with Crippen LogP contribution in [0.3, 0.4) is 0 Å². The van der Waals surface area contributed by atoms with Crippen molar-refractivity contribution in [3.8, 4) is 0 Å². The van der Waals surface area contributed by atoms with Gasteiger partial charge in [-0.25, -0.2) is 9.97 Å². The van der Waals surface area contributed by atoms with Gasteiger partial charge < -0.3 is 10.1 Å². The third kappa shape index (κ3) is 2.06. The third-order valence-electron chi connectivity index (χ3n) is 1.37. The highest BCUT2D eigenvalue weighted by Crippen LogP contribution is 2.13. The summed E-state index contributed by atoms with van der Waals surface area (Å²) in [6.07, 6.45) is 1.64. The first-order chi connectivity index (χ1) is 5.77. The molecule has 1 aromatic heterocycles. The monoisotopic (exact) mass is 187 g/mol. The third-order valence-corrected chi connectivity index (χ3v) is 1.55. The highest BCUT2D eigenvalue weighted by Gasteiger charge is 2.03. The van der Waals surface area contributed by atoms with Crippen LogP contribution < -0.4 is 5.32 Å². The van der Waals surface area contributed by atoms with Gasteiger partial charge in [0.1, 0.15) is 5.82 Å². The van der Waals surface area contributed by atoms with Crippen LogP contribution in [0.4, 0.5) is 5.82 Å². The number of methoxy groups -OCH3 is 1. The molecule has 0 saturated heterocycles. The fraction of sp³-hybridized carbons (Fsp3) is 0.429. The molecule has 66 valence electrons. The van der Waals surface area contributed by atoms with Crippen LogP contribution in [0.5, 0.6) is 0 Å². The number of hydrogen-bond acceptors (Lipinski definition) is 4. The van der Waals surface area contributed by atoms with Crippen molar-refractivity contribution in [1.82, 2.24) is 9.97 Å². The average molecular weight is 188 g/mol. The van der Waals surface area contributed by atoms with Crippen molar-refractivity contribution in [3.63, 3.8) is 0 Å². The highest BCUT2D eigenvalue weighted by atomic mass is 35.5. The predicted octanol–water partition coefficient (Wildman–Crippen LogP) is 1.32. The molecule has 0 aliphatic rings. The van der Waals surface area contributed by atoms with Gasteiger partial charge in [-0.3, -0.25) is 0 Å². The van der Waals surface area contributed by atoms with E-state index in [0.29, 0.717) is 12.4 Å². The van der Waals surface area contributed by atoms with Crippen molar-refractivity contribution in [3.05, 3.63) is 17.0 Å². The Bertz CT molecular complexity index is 267. The zero-order valence-corrected chi connectivity index (χ0v) is 7.72. The molecule has 0 unspecified atom stereocenters. The van der Waals surface area contributed by atoms with E-state index in [-0.39, 0.29) is 5.28 Å². The Kier molecular flexibility index (Phi) is 3.25. The normalized spacial score (nSPS) is 9.92. The lowest BCUT2D eigenvalue weighted by molar-refractivity contribution is 0.185. The molecule has 0 radical (unpaired) electrons. The SMILES string of the molecule is CNc1nc(Cl)ncc1COC. The van der Waals surface area contributed by atoms with Gasteiger partial charge >= 0.3 is 0 Å². The molecule has 0 aromatic carbocycles. The van der Waals surface area contributed by atoms with E-state index in [1.54, 1.807) is 20.4 Å². The molecular formula is C7H10ClN3O. The molecule has 0 saturated carbocycles. The van der Waals surface area contributed by atoms with Crippen LogP contribution in [-0.2, 0) is 11.3 Å². The van der Waals surface area contributed by atoms with E-state index in [1.165, 1.54) is 0 Å². The summed E-state index contributed by atoms with van der Waals surface area (Å²) in [7, 11) is 3.39. The second-order valence-corrected chi connectivity index (χ2v) is 2.53. The molecule has 0 amide bonds. The Hall–Kier alpha value is -0.870. The van der Waals surface area contributed by atoms with Crippen LogP contribution in [0, 0.1) is 0 Å². The predicted molar refractivity (Wildman–Crippen MR) is 47.3 cm³/mol. The van der Waals surface area contributed by atoms with E-state index in [9.17, 15) is 0 Å². The first kappa shape index (κ1) is 9.22. The van der Waals surface area contributed by atoms with Gasteiger partial charge in [-0.2, -0.15) is 0 Å². The summed E-state index contributed by atoms with van der Waals surface area (Å²) in [6.45, 7) is 0.480. The minimum atomic E-state index is 0.235. The maximum atomic E-state index is 5.59. The quantitative estimate of drug-likeness (QED) is 0.726. The van der Waals surface area contributed by atoms with Gasteiger partial charge in [-0.05, 0) is 11.6 Å². The second-order valence-electron chi connectivity index (χ2n) is 2.20. The summed E-state index contributed by atoms with van der Waals surface area (Å²) in [5.41, 5.74) is 0.893. The van der Waals surface area contributed by atoms with E-state index in [4.69, 9.17) is 16.3 Å². The summed E-state index contributed by atoms with van der Waals surface area (Å²) in [5, 5.41) is 3.14. The number of nitrogens with zero attached hydrogens (tertiary/aromatic N) is 2. The minimum Gasteiger partial charge on any atom is -0.380 e. The standard InChI is InChI=1S/C7H10ClN3O/c1-9-6-5(4-12-2)3-10-7(8)11-6/h3H,4H2,1-2H3,(H,9,10,11). The fourth-order valence-electron chi connectivity index (χ4n) is 0.863. The van der Waals surface area contributed by atoms with Crippen molar-refractivity contribution >= 4 is 17.4 Å². The molecular weight excluding hydrogens is 178 g/mol. The van der Waals surface area contributed by atoms with Crippen molar-refractivity contribution in [2.45, 2.75) is 6.61 Å². The van der Waals surface area contributed by atoms with Crippen LogP contribution in [0.2, 0.25) is 5.28 Å². The van der Waals surface area contributed by atoms with Crippen LogP contribution in [0.25, 0.3) is 0 Å². The second kappa shape index (κ2) is 4.23. The van der Waals surface area contributed by atoms with E-state index < -0.39 is 0 Å². The zero-order valence-electron chi connectivity index (χ0n) is 6.97. The molecule has 1 aromatic rings. The maximum absolute atomic E-state index is 5.59. The van der Waals surface area contributed by atoms with E-state index in [1.807, 2.05) is 0 Å². The van der Waals surface area contributed by atoms with Crippen molar-refractivity contribution in [2.75, 3.05) is 19.5 Å². The van der Waals surface area contributed by atoms with Gasteiger partial charge in [-0.15, -0.1) is 0 Å². The van der Waals surface area contributed by atoms with Crippen LogP contribution in [0.1, 0.15) is 5.56 Å². The molecule has 4 nitrogen and oxygen atoms in total. The Morgan fingerprint density at radius 2 is 2.42 bits per heavy atom. The van der Waals surface area contributed by atoms with Gasteiger partial charge in [-0.1, -0.05) is 0 Å². The average Bonchev–Trinajstić information content (AvgIpc) is 2.08. The van der Waals surface area contributed by atoms with Gasteiger partial charge in [0.25, 0.3) is 0 Å². The summed E-state index contributed by atoms with van der Waals surface area (Å²) < 4.78 is 4.95. The summed E-state index contributed by atoms with van der Waals surface area (Å²) in [4.78, 5) is 7.81. The maximum Gasteiger partial charge on any atom is 0.224 e. The first-order valence-corrected chi connectivity index (χ1v) is 3.84. The molecule has 0 atom stereocenters. The van der Waals surface area contributed by atoms with Gasteiger partial charge in [0, 0.05) is 25.9 Å². The smallest absolute Gasteiger partial charge is 0.224 e. The number of anilines is 1. The molecule has 0 bridgehead atoms. The lowest BCUT2D eigenvalue weighted by Gasteiger charge is -2.05. The summed E-state index contributed by atoms with van der Waals surface area (Å²) in [6, 6.07) is 0. The topological polar surface area (TPSA) is 47.0 Å². The summed E-state index contributed by atoms with van der Waals surface area (Å²) >= 11 is 5.59. The van der Waals surface area contributed by atoms with E-state index >= 15 is 0 Å². The number of nitrogens with one attached hydrogen (secondary N) is 1. The van der Waals surface area contributed by atoms with Crippen LogP contribution in [0.15, 0.2) is 6.20 Å². The molecule has 0 fully saturated rings. The minimum absolute atomic E-state index is 0.235. The molecule has 0 aliphatic carbocycles. The van der Waals surface area contributed by atoms with Gasteiger partial charge in [0.05, 0.1) is 6.61 Å². The van der Waals surface area contributed by atoms with E-state index in [0.717, 1.165) is 5.56 Å². The number of hydrogen-bond donors (Lipinski definition) is 1. The molecule has 1 rings (SSSR count). The van der Waals surface area contributed by atoms with Crippen LogP contribution >= 0.6 is 11.6 Å². The number of aromatic nitrogens is 2. The van der Waals surface area contributed by atoms with Crippen molar-refractivity contribution < 1.29 is 4.74 Å². The zero-order chi connectivity index (χ0) is 8.97. The summed E-state index contributed by atoms with van der Waals surface area (Å²) in [5.74, 6) is 0.705. The number of ether oxygens (including phenoxy) is 1. The molecule has 0 aliphatic heterocycles. The highest BCUT2D eigenvalue weighted by molar-refractivity contribution is 6.28. The Morgan fingerprint density at radius 1 is 1.67 bits per heavy atom. The fourth-order valence-corrected chi connectivity index (χ4v) is 0.996. The first-order valence-electron chi connectivity index (χ1n) is 3.46. The van der Waals surface area contributed by atoms with Gasteiger partial charge in [0.2, 0.25) is 5.28 Å². The van der Waals surface area contributed by atoms with E-state index in [2.05, 4.69) is 15.3 Å². The molecule has 1 N–H and O–H groups in total. The largest absolute Gasteiger partial charge is 0.380 e. The molecule has 5 heteroatoms. The molecule has 0 spiro atoms. The Labute approximate surface area is 75.9 Å². The Morgan fingerprint density at radius 3 is 3.00 bits per heavy atom. The molecule has 1 heterocycles. The van der Waals surface area contributed by atoms with Gasteiger partial charge in [0.15, 0.2) is 0 Å². The molecule has 12 heavy (non-hydrogen) atoms. The lowest BCUT2D eigenvalue weighted by Crippen LogP contribution is -2.01. The lowest BCUT2D eigenvalue weighted by atomic mass is 10.3. The number of rotatable bonds is 3.